The highest BCUT2D eigenvalue weighted by Gasteiger charge is 2.20. The van der Waals surface area contributed by atoms with Crippen LogP contribution in [0.1, 0.15) is 22.3 Å². The van der Waals surface area contributed by atoms with Crippen molar-refractivity contribution in [3.63, 3.8) is 0 Å². The fourth-order valence-electron chi connectivity index (χ4n) is 2.84. The summed E-state index contributed by atoms with van der Waals surface area (Å²) in [7, 11) is 0. The van der Waals surface area contributed by atoms with Gasteiger partial charge in [0.2, 0.25) is 11.2 Å². The van der Waals surface area contributed by atoms with Crippen molar-refractivity contribution in [2.24, 2.45) is 0 Å². The lowest BCUT2D eigenvalue weighted by Gasteiger charge is -2.14. The summed E-state index contributed by atoms with van der Waals surface area (Å²) < 4.78 is 5.96. The Balaban J connectivity index is 2.51. The van der Waals surface area contributed by atoms with E-state index in [9.17, 15) is 9.90 Å². The highest BCUT2D eigenvalue weighted by Crippen LogP contribution is 2.34. The first-order valence-corrected chi connectivity index (χ1v) is 7.25. The van der Waals surface area contributed by atoms with Gasteiger partial charge in [-0.05, 0) is 49.9 Å². The minimum Gasteiger partial charge on any atom is -0.502 e. The molecule has 0 aliphatic rings. The van der Waals surface area contributed by atoms with Gasteiger partial charge in [0.05, 0.1) is 5.39 Å². The van der Waals surface area contributed by atoms with Gasteiger partial charge in [-0.2, -0.15) is 0 Å². The third-order valence-corrected chi connectivity index (χ3v) is 4.53. The minimum absolute atomic E-state index is 0.226. The van der Waals surface area contributed by atoms with Crippen molar-refractivity contribution in [3.8, 4) is 17.1 Å². The minimum atomic E-state index is -0.371. The van der Waals surface area contributed by atoms with Crippen molar-refractivity contribution in [3.05, 3.63) is 62.8 Å². The highest BCUT2D eigenvalue weighted by molar-refractivity contribution is 5.88. The summed E-state index contributed by atoms with van der Waals surface area (Å²) in [5.74, 6) is -0.103. The van der Waals surface area contributed by atoms with E-state index in [0.717, 1.165) is 22.3 Å². The van der Waals surface area contributed by atoms with E-state index >= 15 is 0 Å². The molecule has 3 rings (SSSR count). The number of fused-ring (bicyclic) bond motifs is 1. The van der Waals surface area contributed by atoms with Crippen LogP contribution < -0.4 is 5.43 Å². The molecule has 0 unspecified atom stereocenters. The topological polar surface area (TPSA) is 50.4 Å². The molecule has 22 heavy (non-hydrogen) atoms. The molecule has 0 aliphatic carbocycles. The van der Waals surface area contributed by atoms with Crippen LogP contribution in [0.5, 0.6) is 5.75 Å². The molecule has 0 aliphatic heterocycles. The summed E-state index contributed by atoms with van der Waals surface area (Å²) in [6, 6.07) is 9.19. The van der Waals surface area contributed by atoms with Gasteiger partial charge in [-0.3, -0.25) is 4.79 Å². The summed E-state index contributed by atoms with van der Waals surface area (Å²) >= 11 is 0. The number of aryl methyl sites for hydroxylation is 2. The Morgan fingerprint density at radius 3 is 2.09 bits per heavy atom. The summed E-state index contributed by atoms with van der Waals surface area (Å²) in [6.45, 7) is 7.84. The summed E-state index contributed by atoms with van der Waals surface area (Å²) in [6.07, 6.45) is 0. The number of hydrogen-bond acceptors (Lipinski definition) is 3. The van der Waals surface area contributed by atoms with Gasteiger partial charge in [0.15, 0.2) is 5.76 Å². The Morgan fingerprint density at radius 1 is 0.864 bits per heavy atom. The van der Waals surface area contributed by atoms with E-state index in [2.05, 4.69) is 0 Å². The Labute approximate surface area is 128 Å². The molecule has 1 heterocycles. The van der Waals surface area contributed by atoms with Crippen LogP contribution in [0.2, 0.25) is 0 Å². The van der Waals surface area contributed by atoms with Gasteiger partial charge >= 0.3 is 0 Å². The fraction of sp³-hybridized carbons (Fsp3) is 0.211. The van der Waals surface area contributed by atoms with Gasteiger partial charge in [0, 0.05) is 5.56 Å². The van der Waals surface area contributed by atoms with Crippen molar-refractivity contribution in [2.75, 3.05) is 0 Å². The second-order valence-corrected chi connectivity index (χ2v) is 5.68. The Morgan fingerprint density at radius 2 is 1.45 bits per heavy atom. The number of hydrogen-bond donors (Lipinski definition) is 1. The van der Waals surface area contributed by atoms with Crippen LogP contribution in [-0.4, -0.2) is 5.11 Å². The molecule has 0 saturated carbocycles. The lowest BCUT2D eigenvalue weighted by molar-refractivity contribution is 0.448. The molecule has 0 saturated heterocycles. The SMILES string of the molecule is Cc1c(C)c(C)c2c(=O)c(O)c(-c3ccccc3)oc2c1C. The van der Waals surface area contributed by atoms with Crippen LogP contribution in [0.15, 0.2) is 39.5 Å². The molecule has 3 nitrogen and oxygen atoms in total. The molecule has 0 amide bonds. The lowest BCUT2D eigenvalue weighted by atomic mass is 9.94. The molecule has 1 N–H and O–H groups in total. The monoisotopic (exact) mass is 294 g/mol. The molecule has 0 spiro atoms. The molecule has 1 aromatic heterocycles. The molecule has 3 aromatic rings. The van der Waals surface area contributed by atoms with E-state index in [4.69, 9.17) is 4.42 Å². The number of rotatable bonds is 1. The van der Waals surface area contributed by atoms with Gasteiger partial charge in [-0.15, -0.1) is 0 Å². The van der Waals surface area contributed by atoms with Gasteiger partial charge in [-0.1, -0.05) is 30.3 Å². The van der Waals surface area contributed by atoms with E-state index in [1.165, 1.54) is 0 Å². The Bertz CT molecular complexity index is 935. The maximum absolute atomic E-state index is 12.6. The predicted molar refractivity (Wildman–Crippen MR) is 88.5 cm³/mol. The number of benzene rings is 2. The first kappa shape index (κ1) is 14.4. The summed E-state index contributed by atoms with van der Waals surface area (Å²) in [4.78, 5) is 12.6. The Hall–Kier alpha value is -2.55. The van der Waals surface area contributed by atoms with Crippen LogP contribution in [0.25, 0.3) is 22.3 Å². The zero-order chi connectivity index (χ0) is 16.0. The van der Waals surface area contributed by atoms with Crippen molar-refractivity contribution >= 4 is 11.0 Å². The van der Waals surface area contributed by atoms with Crippen molar-refractivity contribution < 1.29 is 9.52 Å². The normalized spacial score (nSPS) is 11.1. The maximum atomic E-state index is 12.6. The molecular weight excluding hydrogens is 276 g/mol. The number of aromatic hydroxyl groups is 1. The smallest absolute Gasteiger partial charge is 0.235 e. The molecule has 0 radical (unpaired) electrons. The van der Waals surface area contributed by atoms with E-state index in [-0.39, 0.29) is 16.9 Å². The van der Waals surface area contributed by atoms with Crippen LogP contribution >= 0.6 is 0 Å². The van der Waals surface area contributed by atoms with Crippen molar-refractivity contribution in [1.82, 2.24) is 0 Å². The predicted octanol–water partition coefficient (Wildman–Crippen LogP) is 4.40. The second kappa shape index (κ2) is 5.02. The average Bonchev–Trinajstić information content (AvgIpc) is 2.54. The first-order chi connectivity index (χ1) is 10.4. The molecule has 0 bridgehead atoms. The van der Waals surface area contributed by atoms with Crippen LogP contribution in [-0.2, 0) is 0 Å². The van der Waals surface area contributed by atoms with E-state index in [1.54, 1.807) is 0 Å². The molecular formula is C19H18O3. The molecule has 0 fully saturated rings. The summed E-state index contributed by atoms with van der Waals surface area (Å²) in [5, 5.41) is 10.8. The third kappa shape index (κ3) is 1.93. The van der Waals surface area contributed by atoms with E-state index in [0.29, 0.717) is 16.5 Å². The standard InChI is InChI=1S/C19H18O3/c1-10-11(2)13(4)18-15(12(10)3)16(20)17(21)19(22-18)14-8-6-5-7-9-14/h5-9,21H,1-4H3. The molecule has 2 aromatic carbocycles. The van der Waals surface area contributed by atoms with E-state index < -0.39 is 0 Å². The highest BCUT2D eigenvalue weighted by atomic mass is 16.4. The van der Waals surface area contributed by atoms with Crippen LogP contribution in [0.4, 0.5) is 0 Å². The van der Waals surface area contributed by atoms with Gasteiger partial charge in [-0.25, -0.2) is 0 Å². The Kier molecular flexibility index (Phi) is 3.28. The zero-order valence-electron chi connectivity index (χ0n) is 13.2. The second-order valence-electron chi connectivity index (χ2n) is 5.68. The fourth-order valence-corrected chi connectivity index (χ4v) is 2.84. The average molecular weight is 294 g/mol. The third-order valence-electron chi connectivity index (χ3n) is 4.53. The largest absolute Gasteiger partial charge is 0.502 e. The molecule has 3 heteroatoms. The quantitative estimate of drug-likeness (QED) is 0.723. The van der Waals surface area contributed by atoms with Gasteiger partial charge < -0.3 is 9.52 Å². The van der Waals surface area contributed by atoms with Crippen molar-refractivity contribution in [2.45, 2.75) is 27.7 Å². The van der Waals surface area contributed by atoms with Crippen LogP contribution in [0.3, 0.4) is 0 Å². The van der Waals surface area contributed by atoms with Crippen molar-refractivity contribution in [1.29, 1.82) is 0 Å². The molecule has 112 valence electrons. The van der Waals surface area contributed by atoms with E-state index in [1.807, 2.05) is 58.0 Å². The summed E-state index contributed by atoms with van der Waals surface area (Å²) in [5.41, 5.74) is 4.84. The van der Waals surface area contributed by atoms with Crippen LogP contribution in [0, 0.1) is 27.7 Å². The lowest BCUT2D eigenvalue weighted by Crippen LogP contribution is -2.07. The van der Waals surface area contributed by atoms with Gasteiger partial charge in [0.25, 0.3) is 0 Å². The first-order valence-electron chi connectivity index (χ1n) is 7.25. The zero-order valence-corrected chi connectivity index (χ0v) is 13.2. The van der Waals surface area contributed by atoms with Gasteiger partial charge in [0.1, 0.15) is 5.58 Å². The molecule has 0 atom stereocenters. The maximum Gasteiger partial charge on any atom is 0.235 e.